The molecular formula is C12H13F2N3O3. The van der Waals surface area contributed by atoms with E-state index in [1.54, 1.807) is 0 Å². The van der Waals surface area contributed by atoms with Crippen LogP contribution in [0.3, 0.4) is 0 Å². The number of carbonyl (C=O) groups excluding carboxylic acids is 3. The predicted octanol–water partition coefficient (Wildman–Crippen LogP) is 0.240. The van der Waals surface area contributed by atoms with E-state index in [0.717, 1.165) is 9.47 Å². The Balaban J connectivity index is 2.24. The maximum atomic E-state index is 12.4. The van der Waals surface area contributed by atoms with Gasteiger partial charge in [0, 0.05) is 6.20 Å². The van der Waals surface area contributed by atoms with E-state index < -0.39 is 36.7 Å². The van der Waals surface area contributed by atoms with E-state index in [1.165, 1.54) is 25.3 Å². The number of piperazine rings is 1. The highest BCUT2D eigenvalue weighted by atomic mass is 19.3. The van der Waals surface area contributed by atoms with E-state index in [1.807, 2.05) is 0 Å². The summed E-state index contributed by atoms with van der Waals surface area (Å²) >= 11 is 0. The summed E-state index contributed by atoms with van der Waals surface area (Å²) in [4.78, 5) is 36.2. The minimum atomic E-state index is -2.60. The molecule has 108 valence electrons. The van der Waals surface area contributed by atoms with E-state index >= 15 is 0 Å². The third kappa shape index (κ3) is 2.68. The van der Waals surface area contributed by atoms with Gasteiger partial charge in [0.15, 0.2) is 0 Å². The van der Waals surface area contributed by atoms with Crippen molar-refractivity contribution in [3.8, 4) is 0 Å². The Labute approximate surface area is 113 Å². The van der Waals surface area contributed by atoms with Crippen LogP contribution in [0.1, 0.15) is 17.4 Å². The Morgan fingerprint density at radius 3 is 2.85 bits per heavy atom. The number of rotatable bonds is 3. The molecule has 0 aromatic carbocycles. The highest BCUT2D eigenvalue weighted by Crippen LogP contribution is 2.13. The van der Waals surface area contributed by atoms with E-state index in [9.17, 15) is 23.2 Å². The molecule has 8 heteroatoms. The first-order chi connectivity index (χ1) is 9.40. The first-order valence-electron chi connectivity index (χ1n) is 5.98. The fourth-order valence-corrected chi connectivity index (χ4v) is 2.03. The van der Waals surface area contributed by atoms with Gasteiger partial charge >= 0.3 is 0 Å². The second kappa shape index (κ2) is 5.40. The molecule has 0 bridgehead atoms. The minimum Gasteiger partial charge on any atom is -0.338 e. The van der Waals surface area contributed by atoms with Gasteiger partial charge in [0.1, 0.15) is 18.3 Å². The molecule has 1 aromatic rings. The van der Waals surface area contributed by atoms with Gasteiger partial charge in [-0.2, -0.15) is 0 Å². The zero-order valence-electron chi connectivity index (χ0n) is 10.7. The third-order valence-corrected chi connectivity index (χ3v) is 3.07. The Kier molecular flexibility index (Phi) is 3.82. The second-order valence-corrected chi connectivity index (χ2v) is 4.46. The van der Waals surface area contributed by atoms with Gasteiger partial charge in [-0.05, 0) is 19.1 Å². The lowest BCUT2D eigenvalue weighted by Gasteiger charge is -2.31. The summed E-state index contributed by atoms with van der Waals surface area (Å²) in [5, 5.41) is 2.11. The van der Waals surface area contributed by atoms with Crippen molar-refractivity contribution in [3.05, 3.63) is 24.0 Å². The summed E-state index contributed by atoms with van der Waals surface area (Å²) in [6.07, 6.45) is -1.24. The van der Waals surface area contributed by atoms with Crippen molar-refractivity contribution in [2.45, 2.75) is 25.9 Å². The first kappa shape index (κ1) is 14.2. The molecule has 20 heavy (non-hydrogen) atoms. The van der Waals surface area contributed by atoms with Crippen LogP contribution in [-0.4, -0.2) is 46.2 Å². The van der Waals surface area contributed by atoms with E-state index in [-0.39, 0.29) is 12.2 Å². The van der Waals surface area contributed by atoms with Gasteiger partial charge in [-0.15, -0.1) is 0 Å². The summed E-state index contributed by atoms with van der Waals surface area (Å²) in [5.74, 6) is -1.79. The largest absolute Gasteiger partial charge is 0.338 e. The Bertz CT molecular complexity index is 556. The smallest absolute Gasteiger partial charge is 0.271 e. The van der Waals surface area contributed by atoms with Crippen LogP contribution in [-0.2, 0) is 16.1 Å². The van der Waals surface area contributed by atoms with Crippen LogP contribution in [0, 0.1) is 0 Å². The summed E-state index contributed by atoms with van der Waals surface area (Å²) in [6, 6.07) is 2.02. The molecule has 1 unspecified atom stereocenters. The lowest BCUT2D eigenvalue weighted by molar-refractivity contribution is -0.138. The number of halogens is 2. The Morgan fingerprint density at radius 2 is 2.20 bits per heavy atom. The van der Waals surface area contributed by atoms with Gasteiger partial charge in [-0.1, -0.05) is 0 Å². The van der Waals surface area contributed by atoms with Gasteiger partial charge in [-0.3, -0.25) is 19.7 Å². The average Bonchev–Trinajstić information content (AvgIpc) is 2.80. The van der Waals surface area contributed by atoms with Crippen LogP contribution < -0.4 is 5.32 Å². The number of hydrogen-bond acceptors (Lipinski definition) is 3. The molecule has 1 N–H and O–H groups in total. The predicted molar refractivity (Wildman–Crippen MR) is 64.1 cm³/mol. The fraction of sp³-hybridized carbons (Fsp3) is 0.417. The zero-order valence-corrected chi connectivity index (χ0v) is 10.7. The molecule has 1 aliphatic heterocycles. The number of hydrogen-bond donors (Lipinski definition) is 1. The van der Waals surface area contributed by atoms with Gasteiger partial charge in [0.25, 0.3) is 12.3 Å². The Hall–Kier alpha value is -2.25. The van der Waals surface area contributed by atoms with Crippen LogP contribution in [0.2, 0.25) is 0 Å². The average molecular weight is 285 g/mol. The quantitative estimate of drug-likeness (QED) is 0.809. The molecule has 0 spiro atoms. The van der Waals surface area contributed by atoms with E-state index in [2.05, 4.69) is 5.32 Å². The summed E-state index contributed by atoms with van der Waals surface area (Å²) in [7, 11) is 0. The summed E-state index contributed by atoms with van der Waals surface area (Å²) in [6.45, 7) is 0.585. The van der Waals surface area contributed by atoms with Crippen LogP contribution in [0.5, 0.6) is 0 Å². The van der Waals surface area contributed by atoms with E-state index in [4.69, 9.17) is 0 Å². The maximum Gasteiger partial charge on any atom is 0.271 e. The lowest BCUT2D eigenvalue weighted by Crippen LogP contribution is -2.58. The number of aromatic nitrogens is 1. The van der Waals surface area contributed by atoms with Crippen LogP contribution in [0.25, 0.3) is 0 Å². The molecule has 2 rings (SSSR count). The lowest BCUT2D eigenvalue weighted by atomic mass is 10.2. The van der Waals surface area contributed by atoms with Gasteiger partial charge in [0.2, 0.25) is 11.8 Å². The maximum absolute atomic E-state index is 12.4. The van der Waals surface area contributed by atoms with Gasteiger partial charge < -0.3 is 9.47 Å². The number of amides is 3. The molecule has 1 aliphatic rings. The molecular weight excluding hydrogens is 272 g/mol. The summed E-state index contributed by atoms with van der Waals surface area (Å²) < 4.78 is 25.9. The van der Waals surface area contributed by atoms with Crippen LogP contribution >= 0.6 is 0 Å². The van der Waals surface area contributed by atoms with Crippen molar-refractivity contribution < 1.29 is 23.2 Å². The van der Waals surface area contributed by atoms with Gasteiger partial charge in [0.05, 0.1) is 6.54 Å². The summed E-state index contributed by atoms with van der Waals surface area (Å²) in [5.41, 5.74) is 0.0275. The molecule has 1 atom stereocenters. The number of alkyl halides is 2. The normalized spacial score (nSPS) is 19.4. The molecule has 0 radical (unpaired) electrons. The molecule has 3 amide bonds. The molecule has 1 fully saturated rings. The van der Waals surface area contributed by atoms with Gasteiger partial charge in [-0.25, -0.2) is 8.78 Å². The third-order valence-electron chi connectivity index (χ3n) is 3.07. The molecule has 1 aromatic heterocycles. The highest BCUT2D eigenvalue weighted by molar-refractivity contribution is 6.06. The second-order valence-electron chi connectivity index (χ2n) is 4.46. The van der Waals surface area contributed by atoms with Crippen molar-refractivity contribution in [2.75, 3.05) is 6.54 Å². The van der Waals surface area contributed by atoms with Crippen molar-refractivity contribution >= 4 is 17.7 Å². The number of nitrogens with zero attached hydrogens (tertiary/aromatic N) is 2. The molecule has 0 aliphatic carbocycles. The first-order valence-corrected chi connectivity index (χ1v) is 5.98. The number of nitrogens with one attached hydrogen (secondary N) is 1. The fourth-order valence-electron chi connectivity index (χ4n) is 2.03. The molecule has 2 heterocycles. The standard InChI is InChI=1S/C12H13F2N3O3/c1-7-11(19)15-10(18)6-17(7)12(20)8-3-2-4-16(8)5-9(13)14/h2-4,7,9H,5-6H2,1H3,(H,15,18,19). The number of imide groups is 1. The minimum absolute atomic E-state index is 0.0275. The van der Waals surface area contributed by atoms with Crippen LogP contribution in [0.4, 0.5) is 8.78 Å². The van der Waals surface area contributed by atoms with E-state index in [0.29, 0.717) is 0 Å². The van der Waals surface area contributed by atoms with Crippen LogP contribution in [0.15, 0.2) is 18.3 Å². The van der Waals surface area contributed by atoms with Crippen molar-refractivity contribution in [2.24, 2.45) is 0 Å². The van der Waals surface area contributed by atoms with Crippen molar-refractivity contribution in [1.82, 2.24) is 14.8 Å². The van der Waals surface area contributed by atoms with Crippen molar-refractivity contribution in [3.63, 3.8) is 0 Å². The topological polar surface area (TPSA) is 71.4 Å². The molecule has 6 nitrogen and oxygen atoms in total. The molecule has 1 saturated heterocycles. The zero-order chi connectivity index (χ0) is 14.9. The number of carbonyl (C=O) groups is 3. The highest BCUT2D eigenvalue weighted by Gasteiger charge is 2.34. The monoisotopic (exact) mass is 285 g/mol. The van der Waals surface area contributed by atoms with Crippen molar-refractivity contribution in [1.29, 1.82) is 0 Å². The SMILES string of the molecule is CC1C(=O)NC(=O)CN1C(=O)c1cccn1CC(F)F. The molecule has 0 saturated carbocycles. The Morgan fingerprint density at radius 1 is 1.50 bits per heavy atom.